The van der Waals surface area contributed by atoms with Crippen LogP contribution in [0, 0.1) is 0 Å². The van der Waals surface area contributed by atoms with Gasteiger partial charge in [-0.25, -0.2) is 4.68 Å². The minimum absolute atomic E-state index is 0.151. The number of carbonyl (C=O) groups is 1. The van der Waals surface area contributed by atoms with Crippen molar-refractivity contribution >= 4 is 5.91 Å². The number of para-hydroxylation sites is 1. The van der Waals surface area contributed by atoms with E-state index in [2.05, 4.69) is 17.4 Å². The topological polar surface area (TPSA) is 56.1 Å². The molecule has 150 valence electrons. The lowest BCUT2D eigenvalue weighted by atomic mass is 10.1. The number of benzene rings is 3. The van der Waals surface area contributed by atoms with Gasteiger partial charge in [0.2, 0.25) is 0 Å². The molecule has 1 heterocycles. The first-order chi connectivity index (χ1) is 14.7. The highest BCUT2D eigenvalue weighted by atomic mass is 16.5. The molecule has 0 unspecified atom stereocenters. The molecule has 5 heteroatoms. The van der Waals surface area contributed by atoms with E-state index in [0.717, 1.165) is 29.1 Å². The van der Waals surface area contributed by atoms with Gasteiger partial charge in [-0.1, -0.05) is 48.5 Å². The van der Waals surface area contributed by atoms with Gasteiger partial charge in [-0.3, -0.25) is 4.79 Å². The lowest BCUT2D eigenvalue weighted by molar-refractivity contribution is 0.0946. The van der Waals surface area contributed by atoms with Crippen molar-refractivity contribution in [3.05, 3.63) is 102 Å². The summed E-state index contributed by atoms with van der Waals surface area (Å²) in [6.45, 7) is 0.556. The van der Waals surface area contributed by atoms with Gasteiger partial charge in [0.15, 0.2) is 0 Å². The molecule has 4 rings (SSSR count). The average molecular weight is 397 g/mol. The summed E-state index contributed by atoms with van der Waals surface area (Å²) in [5.74, 6) is 0.627. The van der Waals surface area contributed by atoms with E-state index in [-0.39, 0.29) is 5.91 Å². The lowest BCUT2D eigenvalue weighted by Crippen LogP contribution is -2.27. The van der Waals surface area contributed by atoms with Crippen LogP contribution in [0.2, 0.25) is 0 Å². The SMILES string of the molecule is COc1ccc(-c2cc(C(=O)NCCc3ccccc3)n(-c3ccccc3)n2)cc1. The number of hydrogen-bond donors (Lipinski definition) is 1. The second-order valence-electron chi connectivity index (χ2n) is 6.88. The van der Waals surface area contributed by atoms with Crippen molar-refractivity contribution in [1.29, 1.82) is 0 Å². The number of nitrogens with zero attached hydrogens (tertiary/aromatic N) is 2. The third-order valence-electron chi connectivity index (χ3n) is 4.87. The third-order valence-corrected chi connectivity index (χ3v) is 4.87. The Morgan fingerprint density at radius 3 is 2.27 bits per heavy atom. The first kappa shape index (κ1) is 19.5. The van der Waals surface area contributed by atoms with Crippen LogP contribution in [0.3, 0.4) is 0 Å². The van der Waals surface area contributed by atoms with Crippen molar-refractivity contribution in [1.82, 2.24) is 15.1 Å². The van der Waals surface area contributed by atoms with E-state index < -0.39 is 0 Å². The molecule has 0 bridgehead atoms. The number of rotatable bonds is 7. The fourth-order valence-corrected chi connectivity index (χ4v) is 3.27. The van der Waals surface area contributed by atoms with Crippen LogP contribution in [0.1, 0.15) is 16.1 Å². The smallest absolute Gasteiger partial charge is 0.270 e. The first-order valence-corrected chi connectivity index (χ1v) is 9.86. The number of carbonyl (C=O) groups excluding carboxylic acids is 1. The number of aromatic nitrogens is 2. The van der Waals surface area contributed by atoms with Crippen LogP contribution in [-0.4, -0.2) is 29.3 Å². The minimum Gasteiger partial charge on any atom is -0.497 e. The number of nitrogens with one attached hydrogen (secondary N) is 1. The number of amides is 1. The summed E-state index contributed by atoms with van der Waals surface area (Å²) < 4.78 is 6.92. The summed E-state index contributed by atoms with van der Waals surface area (Å²) in [6.07, 6.45) is 0.775. The molecule has 1 amide bonds. The van der Waals surface area contributed by atoms with Crippen LogP contribution in [0.15, 0.2) is 91.0 Å². The predicted octanol–water partition coefficient (Wildman–Crippen LogP) is 4.52. The highest BCUT2D eigenvalue weighted by Crippen LogP contribution is 2.24. The first-order valence-electron chi connectivity index (χ1n) is 9.86. The van der Waals surface area contributed by atoms with Crippen LogP contribution >= 0.6 is 0 Å². The van der Waals surface area contributed by atoms with Gasteiger partial charge in [0.05, 0.1) is 18.5 Å². The molecule has 0 aliphatic rings. The zero-order chi connectivity index (χ0) is 20.8. The molecule has 1 aromatic heterocycles. The fraction of sp³-hybridized carbons (Fsp3) is 0.120. The van der Waals surface area contributed by atoms with Gasteiger partial charge >= 0.3 is 0 Å². The third kappa shape index (κ3) is 4.41. The predicted molar refractivity (Wildman–Crippen MR) is 118 cm³/mol. The molecule has 0 aliphatic heterocycles. The maximum atomic E-state index is 13.0. The Morgan fingerprint density at radius 1 is 0.933 bits per heavy atom. The van der Waals surface area contributed by atoms with E-state index >= 15 is 0 Å². The molecule has 0 radical (unpaired) electrons. The maximum absolute atomic E-state index is 13.0. The molecule has 0 saturated carbocycles. The van der Waals surface area contributed by atoms with Crippen LogP contribution in [-0.2, 0) is 6.42 Å². The Bertz CT molecular complexity index is 1100. The van der Waals surface area contributed by atoms with Crippen molar-refractivity contribution in [2.75, 3.05) is 13.7 Å². The molecule has 30 heavy (non-hydrogen) atoms. The van der Waals surface area contributed by atoms with Gasteiger partial charge in [-0.05, 0) is 54.4 Å². The molecule has 0 saturated heterocycles. The van der Waals surface area contributed by atoms with Crippen molar-refractivity contribution < 1.29 is 9.53 Å². The lowest BCUT2D eigenvalue weighted by Gasteiger charge is -2.08. The molecule has 0 spiro atoms. The number of hydrogen-bond acceptors (Lipinski definition) is 3. The highest BCUT2D eigenvalue weighted by Gasteiger charge is 2.17. The summed E-state index contributed by atoms with van der Waals surface area (Å²) in [4.78, 5) is 13.0. The van der Waals surface area contributed by atoms with Gasteiger partial charge in [0.1, 0.15) is 11.4 Å². The molecule has 5 nitrogen and oxygen atoms in total. The quantitative estimate of drug-likeness (QED) is 0.499. The van der Waals surface area contributed by atoms with Crippen LogP contribution < -0.4 is 10.1 Å². The molecule has 1 N–H and O–H groups in total. The maximum Gasteiger partial charge on any atom is 0.270 e. The van der Waals surface area contributed by atoms with E-state index in [9.17, 15) is 4.79 Å². The van der Waals surface area contributed by atoms with Crippen LogP contribution in [0.5, 0.6) is 5.75 Å². The second kappa shape index (κ2) is 9.09. The van der Waals surface area contributed by atoms with Gasteiger partial charge in [-0.15, -0.1) is 0 Å². The largest absolute Gasteiger partial charge is 0.497 e. The normalized spacial score (nSPS) is 10.6. The summed E-state index contributed by atoms with van der Waals surface area (Å²) >= 11 is 0. The fourth-order valence-electron chi connectivity index (χ4n) is 3.27. The zero-order valence-electron chi connectivity index (χ0n) is 16.8. The Morgan fingerprint density at radius 2 is 1.60 bits per heavy atom. The zero-order valence-corrected chi connectivity index (χ0v) is 16.8. The Kier molecular flexibility index (Phi) is 5.90. The molecule has 0 fully saturated rings. The summed E-state index contributed by atoms with van der Waals surface area (Å²) in [7, 11) is 1.64. The minimum atomic E-state index is -0.151. The molecule has 3 aromatic carbocycles. The van der Waals surface area contributed by atoms with Crippen LogP contribution in [0.4, 0.5) is 0 Å². The average Bonchev–Trinajstić information content (AvgIpc) is 3.26. The van der Waals surface area contributed by atoms with Gasteiger partial charge in [-0.2, -0.15) is 5.10 Å². The van der Waals surface area contributed by atoms with E-state index in [1.807, 2.05) is 78.9 Å². The number of ether oxygens (including phenoxy) is 1. The van der Waals surface area contributed by atoms with Crippen molar-refractivity contribution in [2.24, 2.45) is 0 Å². The molecular formula is C25H23N3O2. The van der Waals surface area contributed by atoms with E-state index in [4.69, 9.17) is 9.84 Å². The Labute approximate surface area is 175 Å². The van der Waals surface area contributed by atoms with Crippen molar-refractivity contribution in [3.8, 4) is 22.7 Å². The van der Waals surface area contributed by atoms with Gasteiger partial charge in [0, 0.05) is 12.1 Å². The van der Waals surface area contributed by atoms with E-state index in [1.165, 1.54) is 5.56 Å². The Balaban J connectivity index is 1.59. The summed E-state index contributed by atoms with van der Waals surface area (Å²) in [6, 6.07) is 29.3. The molecule has 0 atom stereocenters. The van der Waals surface area contributed by atoms with Gasteiger partial charge < -0.3 is 10.1 Å². The molecule has 4 aromatic rings. The van der Waals surface area contributed by atoms with Gasteiger partial charge in [0.25, 0.3) is 5.91 Å². The van der Waals surface area contributed by atoms with Crippen molar-refractivity contribution in [3.63, 3.8) is 0 Å². The Hall–Kier alpha value is -3.86. The number of methoxy groups -OCH3 is 1. The van der Waals surface area contributed by atoms with E-state index in [1.54, 1.807) is 11.8 Å². The monoisotopic (exact) mass is 397 g/mol. The highest BCUT2D eigenvalue weighted by molar-refractivity contribution is 5.94. The summed E-state index contributed by atoms with van der Waals surface area (Å²) in [5, 5.41) is 7.73. The molecular weight excluding hydrogens is 374 g/mol. The molecule has 0 aliphatic carbocycles. The standard InChI is InChI=1S/C25H23N3O2/c1-30-22-14-12-20(13-15-22)23-18-24(28(27-23)21-10-6-3-7-11-21)25(29)26-17-16-19-8-4-2-5-9-19/h2-15,18H,16-17H2,1H3,(H,26,29). The summed E-state index contributed by atoms with van der Waals surface area (Å²) in [5.41, 5.74) is 4.18. The van der Waals surface area contributed by atoms with Crippen LogP contribution in [0.25, 0.3) is 16.9 Å². The van der Waals surface area contributed by atoms with E-state index in [0.29, 0.717) is 12.2 Å². The van der Waals surface area contributed by atoms with Crippen molar-refractivity contribution in [2.45, 2.75) is 6.42 Å². The second-order valence-corrected chi connectivity index (χ2v) is 6.88.